The molecular weight excluding hydrogens is 246 g/mol. The zero-order valence-electron chi connectivity index (χ0n) is 11.5. The Hall–Kier alpha value is -1.85. The van der Waals surface area contributed by atoms with Crippen molar-refractivity contribution in [1.82, 2.24) is 15.1 Å². The molecule has 0 radical (unpaired) electrons. The number of nitrogens with zero attached hydrogens (tertiary/aromatic N) is 2. The number of H-pyrrole nitrogens is 1. The van der Waals surface area contributed by atoms with Gasteiger partial charge in [-0.3, -0.25) is 9.89 Å². The van der Waals surface area contributed by atoms with Gasteiger partial charge in [0.15, 0.2) is 5.69 Å². The minimum atomic E-state index is -0.528. The number of aromatic nitrogens is 2. The number of hydrogen-bond acceptors (Lipinski definition) is 4. The van der Waals surface area contributed by atoms with Crippen molar-refractivity contribution in [1.29, 1.82) is 0 Å². The van der Waals surface area contributed by atoms with Crippen LogP contribution in [0.5, 0.6) is 0 Å². The number of likely N-dealkylation sites (tertiary alicyclic amines) is 1. The van der Waals surface area contributed by atoms with Gasteiger partial charge in [-0.15, -0.1) is 0 Å². The van der Waals surface area contributed by atoms with Crippen LogP contribution in [0.1, 0.15) is 46.3 Å². The predicted molar refractivity (Wildman–Crippen MR) is 69.0 cm³/mol. The molecule has 0 saturated carbocycles. The Morgan fingerprint density at radius 2 is 2.21 bits per heavy atom. The SMILES string of the molecule is COC(=O)c1c(C(=O)N2CCCC(C)C2)n[nH]c1C. The average Bonchev–Trinajstić information content (AvgIpc) is 2.79. The smallest absolute Gasteiger partial charge is 0.342 e. The second kappa shape index (κ2) is 5.42. The summed E-state index contributed by atoms with van der Waals surface area (Å²) in [6.07, 6.45) is 2.12. The van der Waals surface area contributed by atoms with Crippen LogP contribution < -0.4 is 0 Å². The number of carbonyl (C=O) groups is 2. The van der Waals surface area contributed by atoms with E-state index in [9.17, 15) is 9.59 Å². The lowest BCUT2D eigenvalue weighted by Gasteiger charge is -2.30. The highest BCUT2D eigenvalue weighted by atomic mass is 16.5. The molecule has 0 spiro atoms. The number of aryl methyl sites for hydroxylation is 1. The Balaban J connectivity index is 2.26. The Morgan fingerprint density at radius 1 is 1.47 bits per heavy atom. The van der Waals surface area contributed by atoms with E-state index in [1.54, 1.807) is 11.8 Å². The van der Waals surface area contributed by atoms with E-state index < -0.39 is 5.97 Å². The lowest BCUT2D eigenvalue weighted by molar-refractivity contribution is 0.0581. The highest BCUT2D eigenvalue weighted by molar-refractivity contribution is 6.04. The lowest BCUT2D eigenvalue weighted by Crippen LogP contribution is -2.39. The summed E-state index contributed by atoms with van der Waals surface area (Å²) in [5, 5.41) is 6.65. The van der Waals surface area contributed by atoms with Gasteiger partial charge in [-0.2, -0.15) is 5.10 Å². The van der Waals surface area contributed by atoms with Crippen molar-refractivity contribution in [2.24, 2.45) is 5.92 Å². The van der Waals surface area contributed by atoms with Crippen molar-refractivity contribution in [3.05, 3.63) is 17.0 Å². The van der Waals surface area contributed by atoms with Crippen LogP contribution in [-0.4, -0.2) is 47.2 Å². The number of aromatic amines is 1. The van der Waals surface area contributed by atoms with E-state index >= 15 is 0 Å². The first-order valence-electron chi connectivity index (χ1n) is 6.47. The molecule has 1 aromatic rings. The number of esters is 1. The van der Waals surface area contributed by atoms with Crippen molar-refractivity contribution >= 4 is 11.9 Å². The summed E-state index contributed by atoms with van der Waals surface area (Å²) in [4.78, 5) is 25.9. The number of carbonyl (C=O) groups excluding carboxylic acids is 2. The zero-order valence-corrected chi connectivity index (χ0v) is 11.5. The van der Waals surface area contributed by atoms with Crippen LogP contribution in [0.3, 0.4) is 0 Å². The van der Waals surface area contributed by atoms with Crippen LogP contribution in [0, 0.1) is 12.8 Å². The van der Waals surface area contributed by atoms with E-state index in [4.69, 9.17) is 4.74 Å². The molecule has 1 atom stereocenters. The highest BCUT2D eigenvalue weighted by Crippen LogP contribution is 2.20. The van der Waals surface area contributed by atoms with E-state index in [2.05, 4.69) is 17.1 Å². The van der Waals surface area contributed by atoms with Gasteiger partial charge in [-0.25, -0.2) is 4.79 Å². The topological polar surface area (TPSA) is 75.3 Å². The van der Waals surface area contributed by atoms with Crippen LogP contribution in [0.25, 0.3) is 0 Å². The largest absolute Gasteiger partial charge is 0.465 e. The molecule has 2 heterocycles. The van der Waals surface area contributed by atoms with Gasteiger partial charge in [0.05, 0.1) is 7.11 Å². The maximum atomic E-state index is 12.4. The van der Waals surface area contributed by atoms with Crippen LogP contribution in [0.2, 0.25) is 0 Å². The molecule has 1 aliphatic rings. The van der Waals surface area contributed by atoms with Crippen molar-refractivity contribution in [3.63, 3.8) is 0 Å². The monoisotopic (exact) mass is 265 g/mol. The van der Waals surface area contributed by atoms with E-state index in [1.807, 2.05) is 0 Å². The fraction of sp³-hybridized carbons (Fsp3) is 0.615. The molecule has 1 aliphatic heterocycles. The van der Waals surface area contributed by atoms with Gasteiger partial charge in [0, 0.05) is 18.8 Å². The van der Waals surface area contributed by atoms with Gasteiger partial charge in [0.2, 0.25) is 0 Å². The molecule has 6 nitrogen and oxygen atoms in total. The first-order valence-corrected chi connectivity index (χ1v) is 6.47. The molecule has 1 fully saturated rings. The molecule has 1 unspecified atom stereocenters. The third kappa shape index (κ3) is 2.62. The number of methoxy groups -OCH3 is 1. The third-order valence-corrected chi connectivity index (χ3v) is 3.48. The van der Waals surface area contributed by atoms with Crippen molar-refractivity contribution in [2.45, 2.75) is 26.7 Å². The molecular formula is C13H19N3O3. The zero-order chi connectivity index (χ0) is 14.0. The first kappa shape index (κ1) is 13.6. The molecule has 1 aromatic heterocycles. The van der Waals surface area contributed by atoms with Gasteiger partial charge in [-0.05, 0) is 25.7 Å². The fourth-order valence-corrected chi connectivity index (χ4v) is 2.46. The Labute approximate surface area is 112 Å². The Bertz CT molecular complexity index is 495. The lowest BCUT2D eigenvalue weighted by atomic mass is 9.99. The molecule has 104 valence electrons. The average molecular weight is 265 g/mol. The van der Waals surface area contributed by atoms with E-state index in [0.29, 0.717) is 18.2 Å². The van der Waals surface area contributed by atoms with Gasteiger partial charge < -0.3 is 9.64 Å². The summed E-state index contributed by atoms with van der Waals surface area (Å²) in [7, 11) is 1.30. The predicted octanol–water partition coefficient (Wildman–Crippen LogP) is 1.38. The summed E-state index contributed by atoms with van der Waals surface area (Å²) in [5.41, 5.74) is 0.962. The molecule has 0 aromatic carbocycles. The minimum Gasteiger partial charge on any atom is -0.465 e. The molecule has 1 saturated heterocycles. The normalized spacial score (nSPS) is 19.3. The molecule has 19 heavy (non-hydrogen) atoms. The van der Waals surface area contributed by atoms with E-state index in [0.717, 1.165) is 19.4 Å². The molecule has 2 rings (SSSR count). The molecule has 1 N–H and O–H groups in total. The second-order valence-electron chi connectivity index (χ2n) is 5.06. The first-order chi connectivity index (χ1) is 9.04. The number of rotatable bonds is 2. The summed E-state index contributed by atoms with van der Waals surface area (Å²) >= 11 is 0. The standard InChI is InChI=1S/C13H19N3O3/c1-8-5-4-6-16(7-8)12(17)11-10(13(18)19-3)9(2)14-15-11/h8H,4-7H2,1-3H3,(H,14,15). The summed E-state index contributed by atoms with van der Waals surface area (Å²) < 4.78 is 4.71. The molecule has 0 aliphatic carbocycles. The van der Waals surface area contributed by atoms with Gasteiger partial charge >= 0.3 is 5.97 Å². The third-order valence-electron chi connectivity index (χ3n) is 3.48. The maximum Gasteiger partial charge on any atom is 0.342 e. The second-order valence-corrected chi connectivity index (χ2v) is 5.06. The number of hydrogen-bond donors (Lipinski definition) is 1. The van der Waals surface area contributed by atoms with Crippen LogP contribution in [-0.2, 0) is 4.74 Å². The number of nitrogens with one attached hydrogen (secondary N) is 1. The summed E-state index contributed by atoms with van der Waals surface area (Å²) in [6.45, 7) is 5.26. The maximum absolute atomic E-state index is 12.4. The highest BCUT2D eigenvalue weighted by Gasteiger charge is 2.29. The van der Waals surface area contributed by atoms with E-state index in [1.165, 1.54) is 7.11 Å². The molecule has 6 heteroatoms. The van der Waals surface area contributed by atoms with Crippen molar-refractivity contribution in [3.8, 4) is 0 Å². The fourth-order valence-electron chi connectivity index (χ4n) is 2.46. The number of amides is 1. The van der Waals surface area contributed by atoms with Crippen molar-refractivity contribution in [2.75, 3.05) is 20.2 Å². The minimum absolute atomic E-state index is 0.165. The van der Waals surface area contributed by atoms with Gasteiger partial charge in [0.1, 0.15) is 5.56 Å². The van der Waals surface area contributed by atoms with Gasteiger partial charge in [-0.1, -0.05) is 6.92 Å². The Kier molecular flexibility index (Phi) is 3.87. The summed E-state index contributed by atoms with van der Waals surface area (Å²) in [6, 6.07) is 0. The van der Waals surface area contributed by atoms with Gasteiger partial charge in [0.25, 0.3) is 5.91 Å². The molecule has 0 bridgehead atoms. The Morgan fingerprint density at radius 3 is 2.84 bits per heavy atom. The van der Waals surface area contributed by atoms with Crippen LogP contribution >= 0.6 is 0 Å². The number of piperidine rings is 1. The number of ether oxygens (including phenoxy) is 1. The van der Waals surface area contributed by atoms with E-state index in [-0.39, 0.29) is 17.2 Å². The van der Waals surface area contributed by atoms with Crippen molar-refractivity contribution < 1.29 is 14.3 Å². The quantitative estimate of drug-likeness (QED) is 0.820. The summed E-state index contributed by atoms with van der Waals surface area (Å²) in [5.74, 6) is -0.240. The molecule has 1 amide bonds. The van der Waals surface area contributed by atoms with Crippen LogP contribution in [0.15, 0.2) is 0 Å². The van der Waals surface area contributed by atoms with Crippen LogP contribution in [0.4, 0.5) is 0 Å².